The van der Waals surface area contributed by atoms with E-state index in [4.69, 9.17) is 14.2 Å². The van der Waals surface area contributed by atoms with Gasteiger partial charge >= 0.3 is 5.97 Å². The molecule has 1 heterocycles. The van der Waals surface area contributed by atoms with Gasteiger partial charge in [-0.1, -0.05) is 340 Å². The number of hydrogen-bond acceptors (Lipinski definition) is 10. The zero-order chi connectivity index (χ0) is 61.7. The predicted octanol–water partition coefficient (Wildman–Crippen LogP) is 19.2. The molecule has 6 N–H and O–H groups in total. The molecule has 8 atom stereocenters. The van der Waals surface area contributed by atoms with Crippen LogP contribution in [-0.2, 0) is 23.8 Å². The van der Waals surface area contributed by atoms with Crippen molar-refractivity contribution in [3.05, 3.63) is 24.3 Å². The maximum absolute atomic E-state index is 13.5. The van der Waals surface area contributed by atoms with Crippen LogP contribution in [0.4, 0.5) is 0 Å². The summed E-state index contributed by atoms with van der Waals surface area (Å²) in [5.74, 6) is -1.17. The van der Waals surface area contributed by atoms with Crippen LogP contribution in [0.1, 0.15) is 374 Å². The van der Waals surface area contributed by atoms with Crippen molar-refractivity contribution in [2.24, 2.45) is 0 Å². The number of aliphatic hydroxyl groups excluding tert-OH is 5. The van der Waals surface area contributed by atoms with Gasteiger partial charge in [-0.3, -0.25) is 9.59 Å². The molecule has 11 nitrogen and oxygen atoms in total. The van der Waals surface area contributed by atoms with Crippen molar-refractivity contribution in [1.82, 2.24) is 5.32 Å². The molecule has 0 aromatic heterocycles. The van der Waals surface area contributed by atoms with E-state index in [0.717, 1.165) is 57.8 Å². The first-order chi connectivity index (χ1) is 41.7. The first kappa shape index (κ1) is 81.2. The topological polar surface area (TPSA) is 175 Å². The van der Waals surface area contributed by atoms with Gasteiger partial charge in [0.2, 0.25) is 5.91 Å². The summed E-state index contributed by atoms with van der Waals surface area (Å²) < 4.78 is 17.7. The third-order valence-electron chi connectivity index (χ3n) is 17.9. The Morgan fingerprint density at radius 2 is 0.776 bits per heavy atom. The molecule has 85 heavy (non-hydrogen) atoms. The van der Waals surface area contributed by atoms with Crippen LogP contribution in [-0.4, -0.2) is 99.6 Å². The Balaban J connectivity index is 2.56. The fraction of sp³-hybridized carbons (Fsp3) is 0.919. The van der Waals surface area contributed by atoms with Crippen LogP contribution in [0.15, 0.2) is 24.3 Å². The van der Waals surface area contributed by atoms with Gasteiger partial charge in [0, 0.05) is 6.42 Å². The second-order valence-corrected chi connectivity index (χ2v) is 26.0. The molecule has 0 saturated carbocycles. The van der Waals surface area contributed by atoms with Crippen LogP contribution in [0.2, 0.25) is 0 Å². The van der Waals surface area contributed by atoms with Gasteiger partial charge in [-0.25, -0.2) is 0 Å². The number of rotatable bonds is 65. The summed E-state index contributed by atoms with van der Waals surface area (Å²) in [4.78, 5) is 26.7. The van der Waals surface area contributed by atoms with Crippen molar-refractivity contribution >= 4 is 11.9 Å². The second kappa shape index (κ2) is 62.3. The van der Waals surface area contributed by atoms with Gasteiger partial charge in [0.1, 0.15) is 24.4 Å². The highest BCUT2D eigenvalue weighted by atomic mass is 16.7. The van der Waals surface area contributed by atoms with Gasteiger partial charge in [-0.15, -0.1) is 0 Å². The molecule has 0 aromatic carbocycles. The number of unbranched alkanes of at least 4 members (excludes halogenated alkanes) is 49. The quantitative estimate of drug-likeness (QED) is 0.0195. The van der Waals surface area contributed by atoms with E-state index in [1.54, 1.807) is 6.08 Å². The lowest BCUT2D eigenvalue weighted by molar-refractivity contribution is -0.305. The minimum atomic E-state index is -1.61. The van der Waals surface area contributed by atoms with Crippen molar-refractivity contribution in [1.29, 1.82) is 0 Å². The fourth-order valence-electron chi connectivity index (χ4n) is 12.0. The summed E-state index contributed by atoms with van der Waals surface area (Å²) in [6.07, 6.45) is 65.1. The lowest BCUT2D eigenvalue weighted by Gasteiger charge is -2.41. The van der Waals surface area contributed by atoms with Crippen molar-refractivity contribution in [2.45, 2.75) is 423 Å². The van der Waals surface area contributed by atoms with Crippen molar-refractivity contribution in [2.75, 3.05) is 13.2 Å². The van der Waals surface area contributed by atoms with E-state index in [-0.39, 0.29) is 13.0 Å². The largest absolute Gasteiger partial charge is 0.454 e. The van der Waals surface area contributed by atoms with E-state index >= 15 is 0 Å². The smallest absolute Gasteiger partial charge is 0.306 e. The molecule has 0 radical (unpaired) electrons. The van der Waals surface area contributed by atoms with E-state index < -0.39 is 67.4 Å². The van der Waals surface area contributed by atoms with E-state index in [2.05, 4.69) is 38.2 Å². The molecule has 0 bridgehead atoms. The zero-order valence-corrected chi connectivity index (χ0v) is 56.0. The number of allylic oxidation sites excluding steroid dienone is 3. The number of esters is 1. The van der Waals surface area contributed by atoms with E-state index in [9.17, 15) is 35.1 Å². The predicted molar refractivity (Wildman–Crippen MR) is 357 cm³/mol. The Hall–Kier alpha value is -1.86. The Labute approximate surface area is 524 Å². The van der Waals surface area contributed by atoms with Crippen molar-refractivity contribution < 1.29 is 49.3 Å². The summed E-state index contributed by atoms with van der Waals surface area (Å²) in [5, 5.41) is 57.3. The lowest BCUT2D eigenvalue weighted by Crippen LogP contribution is -2.61. The molecule has 1 rings (SSSR count). The summed E-state index contributed by atoms with van der Waals surface area (Å²) >= 11 is 0. The van der Waals surface area contributed by atoms with Gasteiger partial charge < -0.3 is 45.1 Å². The maximum atomic E-state index is 13.5. The Kier molecular flexibility index (Phi) is 59.5. The fourth-order valence-corrected chi connectivity index (χ4v) is 12.0. The third-order valence-corrected chi connectivity index (χ3v) is 17.9. The van der Waals surface area contributed by atoms with E-state index in [1.807, 2.05) is 6.08 Å². The van der Waals surface area contributed by atoms with Crippen LogP contribution in [0.25, 0.3) is 0 Å². The van der Waals surface area contributed by atoms with Gasteiger partial charge in [0.15, 0.2) is 12.4 Å². The Morgan fingerprint density at radius 3 is 1.14 bits per heavy atom. The molecule has 0 aromatic rings. The Bertz CT molecular complexity index is 1480. The zero-order valence-electron chi connectivity index (χ0n) is 56.0. The molecule has 1 saturated heterocycles. The van der Waals surface area contributed by atoms with Crippen molar-refractivity contribution in [3.8, 4) is 0 Å². The third kappa shape index (κ3) is 49.6. The van der Waals surface area contributed by atoms with Gasteiger partial charge in [0.05, 0.1) is 25.4 Å². The molecule has 1 fully saturated rings. The summed E-state index contributed by atoms with van der Waals surface area (Å²) in [6, 6.07) is -1.02. The first-order valence-corrected chi connectivity index (χ1v) is 37.1. The molecular weight excluding hydrogens is 1060 g/mol. The van der Waals surface area contributed by atoms with Crippen molar-refractivity contribution in [3.63, 3.8) is 0 Å². The second-order valence-electron chi connectivity index (χ2n) is 26.0. The monoisotopic (exact) mass is 1200 g/mol. The molecule has 502 valence electrons. The maximum Gasteiger partial charge on any atom is 0.306 e. The highest BCUT2D eigenvalue weighted by Gasteiger charge is 2.47. The van der Waals surface area contributed by atoms with Crippen LogP contribution < -0.4 is 5.32 Å². The van der Waals surface area contributed by atoms with Gasteiger partial charge in [-0.05, 0) is 51.4 Å². The van der Waals surface area contributed by atoms with Crippen LogP contribution in [0, 0.1) is 0 Å². The molecule has 0 aliphatic carbocycles. The number of carbonyl (C=O) groups excluding carboxylic acids is 2. The number of hydrogen-bond donors (Lipinski definition) is 6. The van der Waals surface area contributed by atoms with Gasteiger partial charge in [0.25, 0.3) is 0 Å². The minimum Gasteiger partial charge on any atom is -0.454 e. The number of amides is 1. The highest BCUT2D eigenvalue weighted by molar-refractivity contribution is 5.80. The summed E-state index contributed by atoms with van der Waals surface area (Å²) in [7, 11) is 0. The molecule has 0 spiro atoms. The number of ether oxygens (including phenoxy) is 3. The SMILES string of the molecule is CCCCCCCC/C=C/CCCCCCCCCCCCCCCC(=O)OC1C(OCC(NC(=O)C(O)CCCCCCCCCCCCCCCCCCCCCC)C(O)/C=C/CCCCCCCCCCCCC)OC(CO)C(O)C1O. The highest BCUT2D eigenvalue weighted by Crippen LogP contribution is 2.27. The van der Waals surface area contributed by atoms with Crippen LogP contribution >= 0.6 is 0 Å². The van der Waals surface area contributed by atoms with E-state index in [0.29, 0.717) is 19.3 Å². The lowest BCUT2D eigenvalue weighted by atomic mass is 9.99. The van der Waals surface area contributed by atoms with Crippen LogP contribution in [0.3, 0.4) is 0 Å². The van der Waals surface area contributed by atoms with Gasteiger partial charge in [-0.2, -0.15) is 0 Å². The standard InChI is InChI=1S/C74H141NO10/c1-4-7-10-13-16-19-22-25-27-29-31-33-34-35-37-39-41-44-47-50-53-56-59-62-69(79)85-72-71(81)70(80)68(63-76)84-74(72)83-64-65(66(77)60-57-54-51-48-45-42-24-21-18-15-12-9-6-3)75-73(82)67(78)61-58-55-52-49-46-43-40-38-36-32-30-28-26-23-20-17-14-11-8-5-2/h25,27,57,60,65-68,70-72,74,76-78,80-81H,4-24,26,28-56,58-59,61-64H2,1-3H3,(H,75,82)/b27-25+,60-57+. The average molecular weight is 1200 g/mol. The molecule has 1 aliphatic heterocycles. The number of carbonyl (C=O) groups is 2. The molecular formula is C74H141NO10. The number of nitrogens with one attached hydrogen (secondary N) is 1. The normalized spacial score (nSPS) is 18.4. The summed E-state index contributed by atoms with van der Waals surface area (Å²) in [6.45, 7) is 5.86. The minimum absolute atomic E-state index is 0.129. The first-order valence-electron chi connectivity index (χ1n) is 37.1. The average Bonchev–Trinajstić information content (AvgIpc) is 2.49. The van der Waals surface area contributed by atoms with Crippen LogP contribution in [0.5, 0.6) is 0 Å². The Morgan fingerprint density at radius 1 is 0.447 bits per heavy atom. The van der Waals surface area contributed by atoms with E-state index in [1.165, 1.54) is 270 Å². The summed E-state index contributed by atoms with van der Waals surface area (Å²) in [5.41, 5.74) is 0. The molecule has 1 amide bonds. The molecule has 8 unspecified atom stereocenters. The number of aliphatic hydroxyl groups is 5. The molecule has 1 aliphatic rings. The molecule has 11 heteroatoms.